The summed E-state index contributed by atoms with van der Waals surface area (Å²) in [4.78, 5) is 13.0. The Balaban J connectivity index is 1.59. The normalized spacial score (nSPS) is 14.7. The van der Waals surface area contributed by atoms with E-state index in [9.17, 15) is 17.6 Å². The SMILES string of the molecule is Cc1ccc(NC(=O)C2(c3ccc(F)cc3)CC2)cc1S(=O)(=O)Nc1ccccc1Cl. The first-order chi connectivity index (χ1) is 14.7. The second-order valence-corrected chi connectivity index (χ2v) is 9.67. The lowest BCUT2D eigenvalue weighted by molar-refractivity contribution is -0.118. The summed E-state index contributed by atoms with van der Waals surface area (Å²) in [6, 6.07) is 17.1. The Morgan fingerprint density at radius 1 is 1.03 bits per heavy atom. The highest BCUT2D eigenvalue weighted by Crippen LogP contribution is 2.49. The highest BCUT2D eigenvalue weighted by atomic mass is 35.5. The molecule has 2 N–H and O–H groups in total. The zero-order valence-electron chi connectivity index (χ0n) is 16.7. The molecule has 1 aliphatic rings. The van der Waals surface area contributed by atoms with Crippen molar-refractivity contribution in [2.45, 2.75) is 30.1 Å². The first kappa shape index (κ1) is 21.3. The van der Waals surface area contributed by atoms with Crippen molar-refractivity contribution < 1.29 is 17.6 Å². The maximum Gasteiger partial charge on any atom is 0.262 e. The average molecular weight is 459 g/mol. The van der Waals surface area contributed by atoms with Crippen LogP contribution in [0.4, 0.5) is 15.8 Å². The van der Waals surface area contributed by atoms with E-state index in [2.05, 4.69) is 10.0 Å². The van der Waals surface area contributed by atoms with Gasteiger partial charge in [-0.05, 0) is 67.3 Å². The van der Waals surface area contributed by atoms with Crippen molar-refractivity contribution in [3.05, 3.63) is 88.7 Å². The summed E-state index contributed by atoms with van der Waals surface area (Å²) in [6.45, 7) is 1.67. The minimum absolute atomic E-state index is 0.0387. The van der Waals surface area contributed by atoms with Crippen molar-refractivity contribution in [3.63, 3.8) is 0 Å². The number of anilines is 2. The Morgan fingerprint density at radius 3 is 2.35 bits per heavy atom. The maximum absolute atomic E-state index is 13.2. The van der Waals surface area contributed by atoms with Gasteiger partial charge in [-0.1, -0.05) is 41.9 Å². The van der Waals surface area contributed by atoms with E-state index in [0.29, 0.717) is 24.1 Å². The lowest BCUT2D eigenvalue weighted by Crippen LogP contribution is -2.28. The average Bonchev–Trinajstić information content (AvgIpc) is 3.53. The smallest absolute Gasteiger partial charge is 0.262 e. The van der Waals surface area contributed by atoms with E-state index in [0.717, 1.165) is 5.56 Å². The molecular formula is C23H20ClFN2O3S. The Morgan fingerprint density at radius 2 is 1.71 bits per heavy atom. The van der Waals surface area contributed by atoms with Gasteiger partial charge in [0.15, 0.2) is 0 Å². The number of para-hydroxylation sites is 1. The molecule has 0 aliphatic heterocycles. The highest BCUT2D eigenvalue weighted by molar-refractivity contribution is 7.92. The van der Waals surface area contributed by atoms with Crippen molar-refractivity contribution >= 4 is 38.9 Å². The third-order valence-electron chi connectivity index (χ3n) is 5.44. The summed E-state index contributed by atoms with van der Waals surface area (Å²) in [7, 11) is -3.93. The van der Waals surface area contributed by atoms with Crippen molar-refractivity contribution in [1.29, 1.82) is 0 Å². The van der Waals surface area contributed by atoms with Gasteiger partial charge in [-0.15, -0.1) is 0 Å². The topological polar surface area (TPSA) is 75.3 Å². The largest absolute Gasteiger partial charge is 0.325 e. The molecule has 1 fully saturated rings. The molecule has 1 amide bonds. The van der Waals surface area contributed by atoms with E-state index in [1.165, 1.54) is 18.2 Å². The molecule has 3 aromatic rings. The van der Waals surface area contributed by atoms with E-state index in [1.54, 1.807) is 55.5 Å². The molecule has 0 atom stereocenters. The fraction of sp³-hybridized carbons (Fsp3) is 0.174. The molecule has 0 radical (unpaired) electrons. The van der Waals surface area contributed by atoms with E-state index in [1.807, 2.05) is 0 Å². The molecule has 8 heteroatoms. The standard InChI is InChI=1S/C23H20ClFN2O3S/c1-15-6-11-18(14-21(15)31(29,30)27-20-5-3-2-4-19(20)24)26-22(28)23(12-13-23)16-7-9-17(25)10-8-16/h2-11,14,27H,12-13H2,1H3,(H,26,28). The quantitative estimate of drug-likeness (QED) is 0.529. The molecule has 1 saturated carbocycles. The third-order valence-corrected chi connectivity index (χ3v) is 7.27. The van der Waals surface area contributed by atoms with Gasteiger partial charge >= 0.3 is 0 Å². The maximum atomic E-state index is 13.2. The van der Waals surface area contributed by atoms with Crippen molar-refractivity contribution in [3.8, 4) is 0 Å². The van der Waals surface area contributed by atoms with Crippen molar-refractivity contribution in [2.24, 2.45) is 0 Å². The number of amides is 1. The van der Waals surface area contributed by atoms with Gasteiger partial charge in [-0.2, -0.15) is 0 Å². The Labute approximate surface area is 185 Å². The second kappa shape index (κ2) is 7.98. The number of hydrogen-bond donors (Lipinski definition) is 2. The zero-order chi connectivity index (χ0) is 22.2. The molecule has 0 heterocycles. The number of carbonyl (C=O) groups excluding carboxylic acids is 1. The van der Waals surface area contributed by atoms with Gasteiger partial charge in [0.2, 0.25) is 5.91 Å². The molecule has 0 spiro atoms. The molecule has 0 aromatic heterocycles. The van der Waals surface area contributed by atoms with E-state index in [4.69, 9.17) is 11.6 Å². The van der Waals surface area contributed by atoms with Gasteiger partial charge in [-0.25, -0.2) is 12.8 Å². The highest BCUT2D eigenvalue weighted by Gasteiger charge is 2.51. The van der Waals surface area contributed by atoms with E-state index < -0.39 is 15.4 Å². The summed E-state index contributed by atoms with van der Waals surface area (Å²) in [5.74, 6) is -0.607. The molecule has 0 unspecified atom stereocenters. The van der Waals surface area contributed by atoms with Crippen LogP contribution in [0.15, 0.2) is 71.6 Å². The lowest BCUT2D eigenvalue weighted by atomic mass is 9.95. The van der Waals surface area contributed by atoms with Crippen LogP contribution in [0, 0.1) is 12.7 Å². The van der Waals surface area contributed by atoms with Crippen LogP contribution in [0.25, 0.3) is 0 Å². The molecular weight excluding hydrogens is 439 g/mol. The van der Waals surface area contributed by atoms with Gasteiger partial charge in [0.1, 0.15) is 5.82 Å². The van der Waals surface area contributed by atoms with Crippen LogP contribution in [0.2, 0.25) is 5.02 Å². The van der Waals surface area contributed by atoms with Crippen LogP contribution in [-0.2, 0) is 20.2 Å². The van der Waals surface area contributed by atoms with Crippen molar-refractivity contribution in [1.82, 2.24) is 0 Å². The molecule has 3 aromatic carbocycles. The zero-order valence-corrected chi connectivity index (χ0v) is 18.2. The number of sulfonamides is 1. The number of hydrogen-bond acceptors (Lipinski definition) is 3. The molecule has 4 rings (SSSR count). The molecule has 0 bridgehead atoms. The van der Waals surface area contributed by atoms with Crippen LogP contribution in [0.5, 0.6) is 0 Å². The predicted octanol–water partition coefficient (Wildman–Crippen LogP) is 5.26. The molecule has 5 nitrogen and oxygen atoms in total. The Kier molecular flexibility index (Phi) is 5.49. The summed E-state index contributed by atoms with van der Waals surface area (Å²) in [5, 5.41) is 3.10. The van der Waals surface area contributed by atoms with E-state index >= 15 is 0 Å². The Hall–Kier alpha value is -2.90. The predicted molar refractivity (Wildman–Crippen MR) is 119 cm³/mol. The number of halogens is 2. The number of rotatable bonds is 6. The molecule has 31 heavy (non-hydrogen) atoms. The van der Waals surface area contributed by atoms with Gasteiger partial charge in [0.25, 0.3) is 10.0 Å². The van der Waals surface area contributed by atoms with Crippen LogP contribution < -0.4 is 10.0 Å². The van der Waals surface area contributed by atoms with Crippen LogP contribution in [0.1, 0.15) is 24.0 Å². The molecule has 160 valence electrons. The minimum atomic E-state index is -3.93. The summed E-state index contributed by atoms with van der Waals surface area (Å²) < 4.78 is 41.7. The van der Waals surface area contributed by atoms with Gasteiger partial charge in [0, 0.05) is 5.69 Å². The lowest BCUT2D eigenvalue weighted by Gasteiger charge is -2.17. The van der Waals surface area contributed by atoms with Crippen molar-refractivity contribution in [2.75, 3.05) is 10.0 Å². The van der Waals surface area contributed by atoms with Gasteiger partial charge < -0.3 is 5.32 Å². The first-order valence-corrected chi connectivity index (χ1v) is 11.5. The second-order valence-electron chi connectivity index (χ2n) is 7.61. The van der Waals surface area contributed by atoms with Crippen LogP contribution in [-0.4, -0.2) is 14.3 Å². The fourth-order valence-corrected chi connectivity index (χ4v) is 5.09. The number of benzene rings is 3. The monoisotopic (exact) mass is 458 g/mol. The summed E-state index contributed by atoms with van der Waals surface area (Å²) in [6.07, 6.45) is 1.30. The number of aryl methyl sites for hydroxylation is 1. The summed E-state index contributed by atoms with van der Waals surface area (Å²) in [5.41, 5.74) is 1.19. The summed E-state index contributed by atoms with van der Waals surface area (Å²) >= 11 is 6.08. The first-order valence-electron chi connectivity index (χ1n) is 9.67. The Bertz CT molecular complexity index is 1260. The molecule has 0 saturated heterocycles. The number of nitrogens with one attached hydrogen (secondary N) is 2. The van der Waals surface area contributed by atoms with E-state index in [-0.39, 0.29) is 27.3 Å². The third kappa shape index (κ3) is 4.29. The van der Waals surface area contributed by atoms with Crippen LogP contribution >= 0.6 is 11.6 Å². The molecule has 1 aliphatic carbocycles. The van der Waals surface area contributed by atoms with Gasteiger partial charge in [0.05, 0.1) is 21.0 Å². The van der Waals surface area contributed by atoms with Gasteiger partial charge in [-0.3, -0.25) is 9.52 Å². The van der Waals surface area contributed by atoms with Crippen LogP contribution in [0.3, 0.4) is 0 Å². The minimum Gasteiger partial charge on any atom is -0.325 e. The fourth-order valence-electron chi connectivity index (χ4n) is 3.50. The number of carbonyl (C=O) groups is 1.